The first-order chi connectivity index (χ1) is 18.8. The van der Waals surface area contributed by atoms with Crippen molar-refractivity contribution in [2.24, 2.45) is 5.10 Å². The molecule has 10 nitrogen and oxygen atoms in total. The lowest BCUT2D eigenvalue weighted by atomic mass is 9.95. The minimum atomic E-state index is -1.03. The molecule has 1 aliphatic rings. The maximum atomic E-state index is 12.8. The molecule has 0 aliphatic heterocycles. The second-order valence-corrected chi connectivity index (χ2v) is 9.69. The van der Waals surface area contributed by atoms with Crippen LogP contribution in [0, 0.1) is 0 Å². The Morgan fingerprint density at radius 3 is 2.23 bits per heavy atom. The summed E-state index contributed by atoms with van der Waals surface area (Å²) in [5, 5.41) is 6.83. The smallest absolute Gasteiger partial charge is 0.347 e. The van der Waals surface area contributed by atoms with Gasteiger partial charge in [-0.05, 0) is 62.4 Å². The van der Waals surface area contributed by atoms with E-state index in [2.05, 4.69) is 15.8 Å². The van der Waals surface area contributed by atoms with Crippen LogP contribution in [0.3, 0.4) is 0 Å². The van der Waals surface area contributed by atoms with Gasteiger partial charge in [-0.25, -0.2) is 15.0 Å². The van der Waals surface area contributed by atoms with Crippen molar-refractivity contribution in [3.63, 3.8) is 0 Å². The third kappa shape index (κ3) is 6.15. The molecule has 0 radical (unpaired) electrons. The highest BCUT2D eigenvalue weighted by atomic mass is 32.1. The van der Waals surface area contributed by atoms with Crippen LogP contribution < -0.4 is 20.2 Å². The number of para-hydroxylation sites is 2. The maximum absolute atomic E-state index is 12.8. The Hall–Kier alpha value is -4.51. The van der Waals surface area contributed by atoms with E-state index < -0.39 is 23.8 Å². The van der Waals surface area contributed by atoms with Gasteiger partial charge in [0.15, 0.2) is 0 Å². The minimum Gasteiger partial charge on any atom is -0.496 e. The molecule has 4 rings (SSSR count). The lowest BCUT2D eigenvalue weighted by Gasteiger charge is -2.12. The van der Waals surface area contributed by atoms with Crippen molar-refractivity contribution >= 4 is 45.8 Å². The number of aryl methyl sites for hydroxylation is 1. The van der Waals surface area contributed by atoms with Gasteiger partial charge in [-0.3, -0.25) is 9.59 Å². The number of carbonyl (C=O) groups excluding carboxylic acids is 4. The van der Waals surface area contributed by atoms with Crippen LogP contribution in [0.25, 0.3) is 0 Å². The molecule has 2 N–H and O–H groups in total. The number of rotatable bonds is 7. The topological polar surface area (TPSA) is 132 Å². The van der Waals surface area contributed by atoms with Crippen molar-refractivity contribution in [1.29, 1.82) is 0 Å². The number of nitrogens with one attached hydrogen (secondary N) is 2. The standard InChI is InChI=1S/C28H27N3O7S/c1-16(17-10-4-8-14-21(17)38-27(34)18-11-5-7-13-20(18)36-2)30-31-25(33)24(32)29-26-23(28(35)37-3)19-12-6-9-15-22(19)39-26/h4-5,7-8,10-11,13-14H,6,9,12,15H2,1-3H3,(H,29,32)(H,31,33)/b30-16+. The van der Waals surface area contributed by atoms with Crippen LogP contribution in [0.15, 0.2) is 53.6 Å². The molecule has 2 aromatic carbocycles. The zero-order valence-corrected chi connectivity index (χ0v) is 22.5. The number of benzene rings is 2. The number of methoxy groups -OCH3 is 2. The summed E-state index contributed by atoms with van der Waals surface area (Å²) in [4.78, 5) is 51.4. The lowest BCUT2D eigenvalue weighted by Crippen LogP contribution is -2.33. The predicted molar refractivity (Wildman–Crippen MR) is 146 cm³/mol. The quantitative estimate of drug-likeness (QED) is 0.149. The van der Waals surface area contributed by atoms with Crippen molar-refractivity contribution in [3.05, 3.63) is 75.7 Å². The average Bonchev–Trinajstić information content (AvgIpc) is 3.33. The number of hydrazone groups is 1. The number of hydrogen-bond acceptors (Lipinski definition) is 9. The van der Waals surface area contributed by atoms with E-state index in [9.17, 15) is 19.2 Å². The van der Waals surface area contributed by atoms with Gasteiger partial charge in [-0.15, -0.1) is 11.3 Å². The maximum Gasteiger partial charge on any atom is 0.347 e. The van der Waals surface area contributed by atoms with Gasteiger partial charge in [-0.2, -0.15) is 5.10 Å². The van der Waals surface area contributed by atoms with Gasteiger partial charge >= 0.3 is 23.8 Å². The first-order valence-corrected chi connectivity index (χ1v) is 13.0. The summed E-state index contributed by atoms with van der Waals surface area (Å²) in [6.07, 6.45) is 3.44. The molecule has 0 saturated heterocycles. The van der Waals surface area contributed by atoms with E-state index in [1.807, 2.05) is 0 Å². The van der Waals surface area contributed by atoms with Crippen LogP contribution in [-0.4, -0.2) is 43.7 Å². The number of ether oxygens (including phenoxy) is 3. The fourth-order valence-corrected chi connectivity index (χ4v) is 5.47. The van der Waals surface area contributed by atoms with Crippen molar-refractivity contribution in [2.75, 3.05) is 19.5 Å². The molecule has 0 atom stereocenters. The van der Waals surface area contributed by atoms with Crippen LogP contribution in [-0.2, 0) is 27.2 Å². The number of carbonyl (C=O) groups is 4. The van der Waals surface area contributed by atoms with Crippen molar-refractivity contribution in [3.8, 4) is 11.5 Å². The zero-order chi connectivity index (χ0) is 27.9. The monoisotopic (exact) mass is 549 g/mol. The van der Waals surface area contributed by atoms with Gasteiger partial charge in [0, 0.05) is 10.4 Å². The van der Waals surface area contributed by atoms with Gasteiger partial charge in [0.2, 0.25) is 0 Å². The summed E-state index contributed by atoms with van der Waals surface area (Å²) in [7, 11) is 2.73. The Morgan fingerprint density at radius 2 is 1.51 bits per heavy atom. The number of thiophene rings is 1. The number of esters is 2. The minimum absolute atomic E-state index is 0.209. The van der Waals surface area contributed by atoms with Gasteiger partial charge in [0.25, 0.3) is 0 Å². The Labute approximate surface area is 229 Å². The molecule has 0 unspecified atom stereocenters. The second-order valence-electron chi connectivity index (χ2n) is 8.58. The normalized spacial score (nSPS) is 12.6. The molecule has 1 aromatic heterocycles. The van der Waals surface area contributed by atoms with E-state index in [1.165, 1.54) is 25.6 Å². The molecule has 3 aromatic rings. The zero-order valence-electron chi connectivity index (χ0n) is 21.7. The molecule has 0 spiro atoms. The third-order valence-corrected chi connectivity index (χ3v) is 7.33. The Kier molecular flexibility index (Phi) is 8.72. The first-order valence-electron chi connectivity index (χ1n) is 12.2. The van der Waals surface area contributed by atoms with Crippen LogP contribution in [0.4, 0.5) is 5.00 Å². The summed E-state index contributed by atoms with van der Waals surface area (Å²) >= 11 is 1.27. The molecule has 0 fully saturated rings. The number of hydrogen-bond donors (Lipinski definition) is 2. The Balaban J connectivity index is 1.47. The molecule has 2 amide bonds. The lowest BCUT2D eigenvalue weighted by molar-refractivity contribution is -0.136. The number of nitrogens with zero attached hydrogens (tertiary/aromatic N) is 1. The molecule has 202 valence electrons. The number of fused-ring (bicyclic) bond motifs is 1. The molecule has 39 heavy (non-hydrogen) atoms. The molecule has 0 bridgehead atoms. The number of amides is 2. The highest BCUT2D eigenvalue weighted by molar-refractivity contribution is 7.17. The summed E-state index contributed by atoms with van der Waals surface area (Å²) in [6, 6.07) is 13.3. The molecule has 11 heteroatoms. The molecule has 1 heterocycles. The van der Waals surface area contributed by atoms with Crippen LogP contribution >= 0.6 is 11.3 Å². The molecular formula is C28H27N3O7S. The van der Waals surface area contributed by atoms with Crippen molar-refractivity contribution in [2.45, 2.75) is 32.6 Å². The highest BCUT2D eigenvalue weighted by Gasteiger charge is 2.28. The Bertz CT molecular complexity index is 1460. The predicted octanol–water partition coefficient (Wildman–Crippen LogP) is 4.12. The van der Waals surface area contributed by atoms with Crippen LogP contribution in [0.5, 0.6) is 11.5 Å². The second kappa shape index (κ2) is 12.4. The van der Waals surface area contributed by atoms with E-state index in [0.29, 0.717) is 29.0 Å². The SMILES string of the molecule is COC(=O)c1c(NC(=O)C(=O)N/N=C(\C)c2ccccc2OC(=O)c2ccccc2OC)sc2c1CCCC2. The summed E-state index contributed by atoms with van der Waals surface area (Å²) in [5.41, 5.74) is 4.35. The van der Waals surface area contributed by atoms with E-state index in [-0.39, 0.29) is 16.3 Å². The Morgan fingerprint density at radius 1 is 0.846 bits per heavy atom. The third-order valence-electron chi connectivity index (χ3n) is 6.13. The largest absolute Gasteiger partial charge is 0.496 e. The van der Waals surface area contributed by atoms with Crippen molar-refractivity contribution in [1.82, 2.24) is 5.43 Å². The summed E-state index contributed by atoms with van der Waals surface area (Å²) < 4.78 is 15.7. The van der Waals surface area contributed by atoms with Gasteiger partial charge in [-0.1, -0.05) is 24.3 Å². The van der Waals surface area contributed by atoms with E-state index in [1.54, 1.807) is 55.5 Å². The fourth-order valence-electron chi connectivity index (χ4n) is 4.20. The van der Waals surface area contributed by atoms with Gasteiger partial charge in [0.05, 0.1) is 25.5 Å². The fraction of sp³-hybridized carbons (Fsp3) is 0.250. The molecule has 0 saturated carbocycles. The van der Waals surface area contributed by atoms with Crippen LogP contribution in [0.1, 0.15) is 56.5 Å². The van der Waals surface area contributed by atoms with Crippen LogP contribution in [0.2, 0.25) is 0 Å². The van der Waals surface area contributed by atoms with E-state index in [0.717, 1.165) is 29.7 Å². The first kappa shape index (κ1) is 27.5. The summed E-state index contributed by atoms with van der Waals surface area (Å²) in [5.74, 6) is -2.62. The van der Waals surface area contributed by atoms with Crippen molar-refractivity contribution < 1.29 is 33.4 Å². The highest BCUT2D eigenvalue weighted by Crippen LogP contribution is 2.38. The van der Waals surface area contributed by atoms with Gasteiger partial charge < -0.3 is 19.5 Å². The molecular weight excluding hydrogens is 522 g/mol. The van der Waals surface area contributed by atoms with E-state index in [4.69, 9.17) is 14.2 Å². The number of anilines is 1. The molecule has 1 aliphatic carbocycles. The van der Waals surface area contributed by atoms with Gasteiger partial charge in [0.1, 0.15) is 22.1 Å². The summed E-state index contributed by atoms with van der Waals surface area (Å²) in [6.45, 7) is 1.59. The average molecular weight is 550 g/mol. The van der Waals surface area contributed by atoms with E-state index >= 15 is 0 Å².